The third-order valence-electron chi connectivity index (χ3n) is 6.23. The van der Waals surface area contributed by atoms with Crippen molar-refractivity contribution >= 4 is 40.7 Å². The van der Waals surface area contributed by atoms with E-state index in [0.717, 1.165) is 49.8 Å². The smallest absolute Gasteiger partial charge is 0.315 e. The Labute approximate surface area is 181 Å². The fourth-order valence-corrected chi connectivity index (χ4v) is 5.10. The molecule has 1 fully saturated rings. The highest BCUT2D eigenvalue weighted by Crippen LogP contribution is 2.44. The highest BCUT2D eigenvalue weighted by Gasteiger charge is 2.43. The minimum absolute atomic E-state index is 0.0454. The van der Waals surface area contributed by atoms with Crippen LogP contribution in [0.3, 0.4) is 0 Å². The molecule has 2 aliphatic carbocycles. The molecule has 0 bridgehead atoms. The predicted molar refractivity (Wildman–Crippen MR) is 115 cm³/mol. The van der Waals surface area contributed by atoms with E-state index in [9.17, 15) is 9.59 Å². The molecule has 1 aliphatic heterocycles. The largest absolute Gasteiger partial charge is 0.462 e. The zero-order valence-corrected chi connectivity index (χ0v) is 18.1. The maximum absolute atomic E-state index is 13.3. The van der Waals surface area contributed by atoms with Gasteiger partial charge in [0.05, 0.1) is 10.0 Å². The van der Waals surface area contributed by atoms with Gasteiger partial charge >= 0.3 is 5.97 Å². The van der Waals surface area contributed by atoms with Gasteiger partial charge in [0, 0.05) is 29.3 Å². The first-order valence-corrected chi connectivity index (χ1v) is 11.2. The summed E-state index contributed by atoms with van der Waals surface area (Å²) in [6.07, 6.45) is 7.14. The number of hydrogen-bond donors (Lipinski definition) is 0. The lowest BCUT2D eigenvalue weighted by atomic mass is 9.71. The number of nitrogens with zero attached hydrogens (tertiary/aromatic N) is 1. The van der Waals surface area contributed by atoms with Gasteiger partial charge in [0.1, 0.15) is 12.0 Å². The second kappa shape index (κ2) is 8.61. The van der Waals surface area contributed by atoms with Crippen LogP contribution in [-0.4, -0.2) is 23.6 Å². The standard InChI is InChI=1S/C23H25Cl2NO3/c1-13-20(23(28)29-15-6-3-2-4-7-15)21(14-10-11-16(24)17(25)12-14)22-18(26-13)8-5-9-19(22)27/h10-12,15,20-21H,2-9H2,1H3/t20?,21-/m0/s1. The van der Waals surface area contributed by atoms with Crippen LogP contribution < -0.4 is 0 Å². The fourth-order valence-electron chi connectivity index (χ4n) is 4.80. The van der Waals surface area contributed by atoms with Crippen molar-refractivity contribution in [1.82, 2.24) is 0 Å². The predicted octanol–water partition coefficient (Wildman–Crippen LogP) is 6.05. The van der Waals surface area contributed by atoms with Crippen molar-refractivity contribution < 1.29 is 14.3 Å². The Morgan fingerprint density at radius 3 is 2.55 bits per heavy atom. The highest BCUT2D eigenvalue weighted by molar-refractivity contribution is 6.42. The Kier molecular flexibility index (Phi) is 6.12. The number of carbonyl (C=O) groups excluding carboxylic acids is 2. The monoisotopic (exact) mass is 433 g/mol. The molecule has 1 aromatic rings. The number of allylic oxidation sites excluding steroid dienone is 2. The number of halogens is 2. The van der Waals surface area contributed by atoms with Crippen molar-refractivity contribution in [3.63, 3.8) is 0 Å². The molecule has 1 unspecified atom stereocenters. The van der Waals surface area contributed by atoms with Gasteiger partial charge in [-0.2, -0.15) is 0 Å². The molecule has 1 saturated carbocycles. The molecule has 0 spiro atoms. The Morgan fingerprint density at radius 1 is 1.07 bits per heavy atom. The molecule has 0 N–H and O–H groups in total. The first kappa shape index (κ1) is 20.6. The summed E-state index contributed by atoms with van der Waals surface area (Å²) in [6.45, 7) is 1.86. The minimum atomic E-state index is -0.616. The number of carbonyl (C=O) groups is 2. The molecule has 1 heterocycles. The van der Waals surface area contributed by atoms with E-state index < -0.39 is 11.8 Å². The van der Waals surface area contributed by atoms with Crippen molar-refractivity contribution in [2.45, 2.75) is 70.3 Å². The zero-order chi connectivity index (χ0) is 20.5. The third-order valence-corrected chi connectivity index (χ3v) is 6.97. The van der Waals surface area contributed by atoms with E-state index in [1.165, 1.54) is 6.42 Å². The lowest BCUT2D eigenvalue weighted by molar-refractivity contribution is -0.153. The number of rotatable bonds is 3. The lowest BCUT2D eigenvalue weighted by Gasteiger charge is -2.35. The fraction of sp³-hybridized carbons (Fsp3) is 0.522. The number of hydrogen-bond acceptors (Lipinski definition) is 4. The van der Waals surface area contributed by atoms with Crippen LogP contribution in [0.1, 0.15) is 69.8 Å². The summed E-state index contributed by atoms with van der Waals surface area (Å²) < 4.78 is 5.91. The van der Waals surface area contributed by atoms with Crippen molar-refractivity contribution in [3.8, 4) is 0 Å². The van der Waals surface area contributed by atoms with Gasteiger partial charge in [-0.3, -0.25) is 14.6 Å². The molecule has 0 aromatic heterocycles. The summed E-state index contributed by atoms with van der Waals surface area (Å²) in [4.78, 5) is 30.9. The van der Waals surface area contributed by atoms with Crippen LogP contribution in [0.25, 0.3) is 0 Å². The van der Waals surface area contributed by atoms with Gasteiger partial charge in [-0.1, -0.05) is 35.7 Å². The second-order valence-electron chi connectivity index (χ2n) is 8.22. The molecule has 0 radical (unpaired) electrons. The average Bonchev–Trinajstić information content (AvgIpc) is 2.70. The zero-order valence-electron chi connectivity index (χ0n) is 16.5. The van der Waals surface area contributed by atoms with Gasteiger partial charge in [0.25, 0.3) is 0 Å². The molecular weight excluding hydrogens is 409 g/mol. The van der Waals surface area contributed by atoms with Crippen LogP contribution in [0.2, 0.25) is 10.0 Å². The number of aliphatic imine (C=N–C) groups is 1. The summed E-state index contributed by atoms with van der Waals surface area (Å²) in [7, 11) is 0. The van der Waals surface area contributed by atoms with E-state index in [1.807, 2.05) is 13.0 Å². The molecule has 0 amide bonds. The molecule has 4 rings (SSSR count). The van der Waals surface area contributed by atoms with Gasteiger partial charge in [0.15, 0.2) is 5.78 Å². The van der Waals surface area contributed by atoms with E-state index in [2.05, 4.69) is 4.99 Å². The van der Waals surface area contributed by atoms with E-state index in [0.29, 0.717) is 27.8 Å². The van der Waals surface area contributed by atoms with E-state index in [-0.39, 0.29) is 17.9 Å². The summed E-state index contributed by atoms with van der Waals surface area (Å²) in [6, 6.07) is 5.34. The Morgan fingerprint density at radius 2 is 1.83 bits per heavy atom. The SMILES string of the molecule is CC1=NC2=C(C(=O)CCC2)[C@@H](c2ccc(Cl)c(Cl)c2)C1C(=O)OC1CCCCC1. The lowest BCUT2D eigenvalue weighted by Crippen LogP contribution is -2.38. The number of ketones is 1. The Hall–Kier alpha value is -1.65. The highest BCUT2D eigenvalue weighted by atomic mass is 35.5. The van der Waals surface area contributed by atoms with Gasteiger partial charge in [-0.15, -0.1) is 0 Å². The Balaban J connectivity index is 1.74. The molecule has 2 atom stereocenters. The van der Waals surface area contributed by atoms with Crippen LogP contribution in [0.15, 0.2) is 34.5 Å². The van der Waals surface area contributed by atoms with Crippen LogP contribution >= 0.6 is 23.2 Å². The summed E-state index contributed by atoms with van der Waals surface area (Å²) in [5.74, 6) is -1.27. The van der Waals surface area contributed by atoms with E-state index in [1.54, 1.807) is 12.1 Å². The van der Waals surface area contributed by atoms with Crippen LogP contribution in [-0.2, 0) is 14.3 Å². The minimum Gasteiger partial charge on any atom is -0.462 e. The van der Waals surface area contributed by atoms with Crippen molar-refractivity contribution in [1.29, 1.82) is 0 Å². The van der Waals surface area contributed by atoms with Crippen LogP contribution in [0, 0.1) is 5.92 Å². The number of esters is 1. The number of ether oxygens (including phenoxy) is 1. The van der Waals surface area contributed by atoms with Crippen LogP contribution in [0.4, 0.5) is 0 Å². The first-order valence-electron chi connectivity index (χ1n) is 10.4. The van der Waals surface area contributed by atoms with Crippen LogP contribution in [0.5, 0.6) is 0 Å². The maximum atomic E-state index is 13.3. The van der Waals surface area contributed by atoms with Gasteiger partial charge in [0.2, 0.25) is 0 Å². The Bertz CT molecular complexity index is 899. The molecule has 154 valence electrons. The van der Waals surface area contributed by atoms with E-state index in [4.69, 9.17) is 27.9 Å². The van der Waals surface area contributed by atoms with Gasteiger partial charge < -0.3 is 4.74 Å². The maximum Gasteiger partial charge on any atom is 0.315 e. The molecule has 6 heteroatoms. The molecule has 1 aromatic carbocycles. The first-order chi connectivity index (χ1) is 14.0. The quantitative estimate of drug-likeness (QED) is 0.544. The third kappa shape index (κ3) is 4.15. The second-order valence-corrected chi connectivity index (χ2v) is 9.03. The van der Waals surface area contributed by atoms with Gasteiger partial charge in [-0.05, 0) is 63.1 Å². The van der Waals surface area contributed by atoms with Crippen molar-refractivity contribution in [2.75, 3.05) is 0 Å². The molecule has 0 saturated heterocycles. The number of benzene rings is 1. The summed E-state index contributed by atoms with van der Waals surface area (Å²) >= 11 is 12.4. The summed E-state index contributed by atoms with van der Waals surface area (Å²) in [5, 5.41) is 0.858. The van der Waals surface area contributed by atoms with E-state index >= 15 is 0 Å². The van der Waals surface area contributed by atoms with Crippen molar-refractivity contribution in [2.24, 2.45) is 10.9 Å². The molecule has 4 nitrogen and oxygen atoms in total. The van der Waals surface area contributed by atoms with Gasteiger partial charge in [-0.25, -0.2) is 0 Å². The summed E-state index contributed by atoms with van der Waals surface area (Å²) in [5.41, 5.74) is 2.96. The average molecular weight is 434 g/mol. The van der Waals surface area contributed by atoms with Crippen molar-refractivity contribution in [3.05, 3.63) is 45.1 Å². The topological polar surface area (TPSA) is 55.7 Å². The normalized spacial score (nSPS) is 25.5. The number of Topliss-reactive ketones (excluding diaryl/α,β-unsaturated/α-hetero) is 1. The molecule has 3 aliphatic rings. The molecule has 29 heavy (non-hydrogen) atoms. The molecular formula is C23H25Cl2NO3.